The quantitative estimate of drug-likeness (QED) is 0.715. The van der Waals surface area contributed by atoms with Gasteiger partial charge in [0.2, 0.25) is 0 Å². The van der Waals surface area contributed by atoms with Gasteiger partial charge < -0.3 is 15.0 Å². The Bertz CT molecular complexity index is 750. The number of H-pyrrole nitrogens is 1. The predicted octanol–water partition coefficient (Wildman–Crippen LogP) is 3.09. The molecule has 0 aliphatic heterocycles. The van der Waals surface area contributed by atoms with Crippen molar-refractivity contribution in [3.63, 3.8) is 0 Å². The van der Waals surface area contributed by atoms with E-state index < -0.39 is 0 Å². The van der Waals surface area contributed by atoms with Crippen LogP contribution in [0.25, 0.3) is 11.0 Å². The maximum atomic E-state index is 11.9. The van der Waals surface area contributed by atoms with Crippen LogP contribution in [0.2, 0.25) is 0 Å². The van der Waals surface area contributed by atoms with Gasteiger partial charge in [-0.25, -0.2) is 9.78 Å². The average Bonchev–Trinajstić information content (AvgIpc) is 2.94. The molecule has 1 heterocycles. The number of hydrogen-bond donors (Lipinski definition) is 2. The first-order valence-electron chi connectivity index (χ1n) is 6.15. The molecule has 0 aliphatic carbocycles. The lowest BCUT2D eigenvalue weighted by Gasteiger charge is -2.11. The molecular formula is C15H13N3O2. The minimum atomic E-state index is -0.389. The zero-order valence-electron chi connectivity index (χ0n) is 10.9. The first-order valence-corrected chi connectivity index (χ1v) is 6.15. The summed E-state index contributed by atoms with van der Waals surface area (Å²) < 4.78 is 4.83. The summed E-state index contributed by atoms with van der Waals surface area (Å²) >= 11 is 0. The smallest absolute Gasteiger partial charge is 0.340 e. The number of hydrogen-bond acceptors (Lipinski definition) is 4. The van der Waals surface area contributed by atoms with Crippen LogP contribution < -0.4 is 5.32 Å². The Morgan fingerprint density at radius 3 is 2.80 bits per heavy atom. The third-order valence-electron chi connectivity index (χ3n) is 3.02. The number of nitrogens with zero attached hydrogens (tertiary/aromatic N) is 1. The Balaban J connectivity index is 2.09. The number of imidazole rings is 1. The van der Waals surface area contributed by atoms with Gasteiger partial charge in [0, 0.05) is 5.69 Å². The maximum absolute atomic E-state index is 11.9. The van der Waals surface area contributed by atoms with Gasteiger partial charge in [-0.1, -0.05) is 18.2 Å². The molecule has 0 unspecified atom stereocenters. The fraction of sp³-hybridized carbons (Fsp3) is 0.0667. The number of anilines is 2. The summed E-state index contributed by atoms with van der Waals surface area (Å²) in [6.07, 6.45) is 1.60. The molecule has 0 aliphatic rings. The molecule has 0 fully saturated rings. The first kappa shape index (κ1) is 12.2. The minimum Gasteiger partial charge on any atom is -0.465 e. The second-order valence-electron chi connectivity index (χ2n) is 4.30. The number of esters is 1. The standard InChI is InChI=1S/C15H13N3O2/c1-20-15(19)11-7-13-14(17-9-16-13)8-12(11)18-10-5-3-2-4-6-10/h2-9,18H,1H3,(H,16,17). The molecule has 3 rings (SSSR count). The fourth-order valence-corrected chi connectivity index (χ4v) is 2.04. The minimum absolute atomic E-state index is 0.389. The van der Waals surface area contributed by atoms with E-state index in [0.29, 0.717) is 11.3 Å². The Hall–Kier alpha value is -2.82. The van der Waals surface area contributed by atoms with Crippen molar-refractivity contribution in [3.8, 4) is 0 Å². The summed E-state index contributed by atoms with van der Waals surface area (Å²) in [7, 11) is 1.37. The number of rotatable bonds is 3. The van der Waals surface area contributed by atoms with Crippen molar-refractivity contribution in [3.05, 3.63) is 54.4 Å². The third-order valence-corrected chi connectivity index (χ3v) is 3.02. The first-order chi connectivity index (χ1) is 9.78. The van der Waals surface area contributed by atoms with E-state index in [9.17, 15) is 4.79 Å². The van der Waals surface area contributed by atoms with Gasteiger partial charge >= 0.3 is 5.97 Å². The number of methoxy groups -OCH3 is 1. The van der Waals surface area contributed by atoms with Crippen molar-refractivity contribution in [2.75, 3.05) is 12.4 Å². The Morgan fingerprint density at radius 2 is 2.05 bits per heavy atom. The topological polar surface area (TPSA) is 67.0 Å². The van der Waals surface area contributed by atoms with E-state index in [2.05, 4.69) is 15.3 Å². The molecule has 1 aromatic heterocycles. The lowest BCUT2D eigenvalue weighted by Crippen LogP contribution is -2.05. The molecule has 0 atom stereocenters. The van der Waals surface area contributed by atoms with Crippen LogP contribution in [0.15, 0.2) is 48.8 Å². The van der Waals surface area contributed by atoms with Crippen molar-refractivity contribution in [1.29, 1.82) is 0 Å². The molecule has 0 spiro atoms. The van der Waals surface area contributed by atoms with Gasteiger partial charge in [0.15, 0.2) is 0 Å². The summed E-state index contributed by atoms with van der Waals surface area (Å²) in [6, 6.07) is 13.2. The number of para-hydroxylation sites is 1. The summed E-state index contributed by atoms with van der Waals surface area (Å²) in [4.78, 5) is 19.1. The molecule has 0 radical (unpaired) electrons. The molecule has 5 nitrogen and oxygen atoms in total. The summed E-state index contributed by atoms with van der Waals surface area (Å²) in [5.74, 6) is -0.389. The fourth-order valence-electron chi connectivity index (χ4n) is 2.04. The van der Waals surface area contributed by atoms with Crippen molar-refractivity contribution < 1.29 is 9.53 Å². The highest BCUT2D eigenvalue weighted by Gasteiger charge is 2.14. The van der Waals surface area contributed by atoms with E-state index >= 15 is 0 Å². The molecule has 2 N–H and O–H groups in total. The van der Waals surface area contributed by atoms with Crippen LogP contribution in [0.1, 0.15) is 10.4 Å². The number of nitrogens with one attached hydrogen (secondary N) is 2. The number of aromatic nitrogens is 2. The highest BCUT2D eigenvalue weighted by atomic mass is 16.5. The number of fused-ring (bicyclic) bond motifs is 1. The normalized spacial score (nSPS) is 10.4. The van der Waals surface area contributed by atoms with E-state index in [-0.39, 0.29) is 5.97 Å². The van der Waals surface area contributed by atoms with Gasteiger partial charge in [0.05, 0.1) is 35.7 Å². The van der Waals surface area contributed by atoms with Crippen LogP contribution in [0, 0.1) is 0 Å². The number of aromatic amines is 1. The monoisotopic (exact) mass is 267 g/mol. The number of ether oxygens (including phenoxy) is 1. The number of carbonyl (C=O) groups is 1. The Morgan fingerprint density at radius 1 is 1.25 bits per heavy atom. The molecule has 3 aromatic rings. The van der Waals surface area contributed by atoms with Crippen LogP contribution >= 0.6 is 0 Å². The van der Waals surface area contributed by atoms with Gasteiger partial charge in [-0.05, 0) is 24.3 Å². The largest absolute Gasteiger partial charge is 0.465 e. The zero-order chi connectivity index (χ0) is 13.9. The molecule has 100 valence electrons. The van der Waals surface area contributed by atoms with Crippen molar-refractivity contribution >= 4 is 28.4 Å². The van der Waals surface area contributed by atoms with E-state index in [4.69, 9.17) is 4.74 Å². The summed E-state index contributed by atoms with van der Waals surface area (Å²) in [5.41, 5.74) is 3.61. The summed E-state index contributed by atoms with van der Waals surface area (Å²) in [6.45, 7) is 0. The van der Waals surface area contributed by atoms with Crippen molar-refractivity contribution in [2.45, 2.75) is 0 Å². The van der Waals surface area contributed by atoms with E-state index in [1.807, 2.05) is 36.4 Å². The van der Waals surface area contributed by atoms with Crippen LogP contribution in [-0.4, -0.2) is 23.0 Å². The lowest BCUT2D eigenvalue weighted by atomic mass is 10.1. The van der Waals surface area contributed by atoms with Gasteiger partial charge in [-0.3, -0.25) is 0 Å². The predicted molar refractivity (Wildman–Crippen MR) is 77.2 cm³/mol. The van der Waals surface area contributed by atoms with Crippen LogP contribution in [0.5, 0.6) is 0 Å². The molecule has 20 heavy (non-hydrogen) atoms. The number of carbonyl (C=O) groups excluding carboxylic acids is 1. The summed E-state index contributed by atoms with van der Waals surface area (Å²) in [5, 5.41) is 3.21. The average molecular weight is 267 g/mol. The van der Waals surface area contributed by atoms with Gasteiger partial charge in [0.25, 0.3) is 0 Å². The van der Waals surface area contributed by atoms with Crippen molar-refractivity contribution in [2.24, 2.45) is 0 Å². The second kappa shape index (κ2) is 5.05. The number of benzene rings is 2. The van der Waals surface area contributed by atoms with Crippen LogP contribution in [0.4, 0.5) is 11.4 Å². The highest BCUT2D eigenvalue weighted by molar-refractivity contribution is 6.01. The van der Waals surface area contributed by atoms with E-state index in [1.54, 1.807) is 12.4 Å². The highest BCUT2D eigenvalue weighted by Crippen LogP contribution is 2.26. The molecule has 2 aromatic carbocycles. The van der Waals surface area contributed by atoms with Crippen molar-refractivity contribution in [1.82, 2.24) is 9.97 Å². The van der Waals surface area contributed by atoms with Crippen LogP contribution in [0.3, 0.4) is 0 Å². The molecule has 0 saturated carbocycles. The lowest BCUT2D eigenvalue weighted by molar-refractivity contribution is 0.0602. The van der Waals surface area contributed by atoms with E-state index in [1.165, 1.54) is 7.11 Å². The zero-order valence-corrected chi connectivity index (χ0v) is 10.9. The molecule has 0 bridgehead atoms. The van der Waals surface area contributed by atoms with Crippen LogP contribution in [-0.2, 0) is 4.74 Å². The third kappa shape index (κ3) is 2.21. The Kier molecular flexibility index (Phi) is 3.09. The van der Waals surface area contributed by atoms with Gasteiger partial charge in [-0.2, -0.15) is 0 Å². The molecule has 5 heteroatoms. The van der Waals surface area contributed by atoms with Gasteiger partial charge in [0.1, 0.15) is 0 Å². The van der Waals surface area contributed by atoms with Gasteiger partial charge in [-0.15, -0.1) is 0 Å². The van der Waals surface area contributed by atoms with E-state index in [0.717, 1.165) is 16.7 Å². The molecule has 0 amide bonds. The molecule has 0 saturated heterocycles. The maximum Gasteiger partial charge on any atom is 0.340 e. The Labute approximate surface area is 115 Å². The SMILES string of the molecule is COC(=O)c1cc2[nH]cnc2cc1Nc1ccccc1. The molecular weight excluding hydrogens is 254 g/mol. The second-order valence-corrected chi connectivity index (χ2v) is 4.30.